The van der Waals surface area contributed by atoms with Crippen molar-refractivity contribution in [3.63, 3.8) is 0 Å². The van der Waals surface area contributed by atoms with Crippen LogP contribution in [-0.2, 0) is 23.3 Å². The Balaban J connectivity index is 1.60. The van der Waals surface area contributed by atoms with Crippen LogP contribution in [-0.4, -0.2) is 70.8 Å². The van der Waals surface area contributed by atoms with E-state index in [-0.39, 0.29) is 42.0 Å². The van der Waals surface area contributed by atoms with Crippen LogP contribution in [0.3, 0.4) is 0 Å². The predicted molar refractivity (Wildman–Crippen MR) is 162 cm³/mol. The summed E-state index contributed by atoms with van der Waals surface area (Å²) in [6.07, 6.45) is 1.91. The van der Waals surface area contributed by atoms with Gasteiger partial charge in [-0.25, -0.2) is 9.78 Å². The number of pyridine rings is 1. The van der Waals surface area contributed by atoms with Crippen molar-refractivity contribution in [2.75, 3.05) is 33.4 Å². The molecule has 2 aromatic rings. The van der Waals surface area contributed by atoms with Crippen molar-refractivity contribution in [1.29, 1.82) is 0 Å². The molecule has 1 fully saturated rings. The highest BCUT2D eigenvalue weighted by atomic mass is 35.5. The van der Waals surface area contributed by atoms with Gasteiger partial charge in [-0.15, -0.1) is 0 Å². The summed E-state index contributed by atoms with van der Waals surface area (Å²) in [7, 11) is 1.58. The van der Waals surface area contributed by atoms with Crippen molar-refractivity contribution in [3.05, 3.63) is 50.1 Å². The van der Waals surface area contributed by atoms with Gasteiger partial charge in [0, 0.05) is 47.9 Å². The zero-order valence-corrected chi connectivity index (χ0v) is 27.0. The smallest absolute Gasteiger partial charge is 0.410 e. The molecule has 1 saturated heterocycles. The number of aromatic nitrogens is 1. The number of nitrogens with zero attached hydrogens (tertiary/aromatic N) is 3. The molecule has 230 valence electrons. The van der Waals surface area contributed by atoms with Crippen LogP contribution in [0.5, 0.6) is 11.6 Å². The number of methoxy groups -OCH3 is 1. The average Bonchev–Trinajstić information content (AvgIpc) is 2.86. The molecule has 11 heteroatoms. The molecule has 2 aliphatic heterocycles. The molecule has 2 aliphatic rings. The summed E-state index contributed by atoms with van der Waals surface area (Å²) in [5.41, 5.74) is 0.657. The van der Waals surface area contributed by atoms with E-state index in [1.54, 1.807) is 45.8 Å². The van der Waals surface area contributed by atoms with E-state index in [2.05, 4.69) is 11.9 Å². The molecule has 2 amide bonds. The van der Waals surface area contributed by atoms with Crippen LogP contribution in [0.4, 0.5) is 4.79 Å². The van der Waals surface area contributed by atoms with Crippen molar-refractivity contribution in [3.8, 4) is 11.6 Å². The maximum Gasteiger partial charge on any atom is 0.410 e. The van der Waals surface area contributed by atoms with E-state index < -0.39 is 17.3 Å². The Bertz CT molecular complexity index is 1350. The van der Waals surface area contributed by atoms with E-state index in [1.165, 1.54) is 4.90 Å². The monoisotopic (exact) mass is 621 g/mol. The summed E-state index contributed by atoms with van der Waals surface area (Å²) in [6, 6.07) is 3.47. The molecule has 0 bridgehead atoms. The summed E-state index contributed by atoms with van der Waals surface area (Å²) < 4.78 is 17.1. The van der Waals surface area contributed by atoms with Gasteiger partial charge in [-0.1, -0.05) is 36.5 Å². The Morgan fingerprint density at radius 2 is 1.88 bits per heavy atom. The number of benzene rings is 1. The fourth-order valence-corrected chi connectivity index (χ4v) is 6.02. The first-order chi connectivity index (χ1) is 19.7. The molecule has 42 heavy (non-hydrogen) atoms. The van der Waals surface area contributed by atoms with Crippen molar-refractivity contribution < 1.29 is 28.9 Å². The number of fused-ring (bicyclic) bond motifs is 1. The third-order valence-electron chi connectivity index (χ3n) is 7.80. The van der Waals surface area contributed by atoms with Gasteiger partial charge in [-0.2, -0.15) is 0 Å². The number of likely N-dealkylation sites (tertiary alicyclic amines) is 1. The lowest BCUT2D eigenvalue weighted by atomic mass is 9.77. The normalized spacial score (nSPS) is 17.0. The molecule has 0 aliphatic carbocycles. The molecule has 1 N–H and O–H groups in total. The summed E-state index contributed by atoms with van der Waals surface area (Å²) in [5, 5.41) is 12.2. The van der Waals surface area contributed by atoms with Gasteiger partial charge in [0.1, 0.15) is 11.4 Å². The van der Waals surface area contributed by atoms with Gasteiger partial charge < -0.3 is 29.1 Å². The summed E-state index contributed by atoms with van der Waals surface area (Å²) in [5.74, 6) is 0.413. The average molecular weight is 623 g/mol. The highest BCUT2D eigenvalue weighted by molar-refractivity contribution is 6.37. The van der Waals surface area contributed by atoms with Gasteiger partial charge in [0.05, 0.1) is 42.0 Å². The van der Waals surface area contributed by atoms with E-state index in [0.717, 1.165) is 18.5 Å². The molecule has 0 spiro atoms. The zero-order valence-electron chi connectivity index (χ0n) is 25.5. The van der Waals surface area contributed by atoms with Gasteiger partial charge in [-0.3, -0.25) is 4.79 Å². The van der Waals surface area contributed by atoms with Crippen LogP contribution in [0, 0.1) is 12.8 Å². The number of unbranched alkanes of at least 4 members (excludes halogenated alkanes) is 1. The number of ether oxygens (including phenoxy) is 3. The van der Waals surface area contributed by atoms with Crippen LogP contribution in [0.15, 0.2) is 12.1 Å². The fraction of sp³-hybridized carbons (Fsp3) is 0.581. The lowest BCUT2D eigenvalue weighted by molar-refractivity contribution is -0.0814. The third-order valence-corrected chi connectivity index (χ3v) is 8.53. The molecule has 1 aromatic heterocycles. The van der Waals surface area contributed by atoms with E-state index in [1.807, 2.05) is 13.0 Å². The summed E-state index contributed by atoms with van der Waals surface area (Å²) in [6.45, 7) is 12.7. The van der Waals surface area contributed by atoms with Gasteiger partial charge in [-0.05, 0) is 59.1 Å². The first kappa shape index (κ1) is 32.2. The topological polar surface area (TPSA) is 101 Å². The zero-order chi connectivity index (χ0) is 31.0. The van der Waals surface area contributed by atoms with Crippen molar-refractivity contribution >= 4 is 35.2 Å². The third kappa shape index (κ3) is 6.58. The minimum Gasteiger partial charge on any atom is -0.496 e. The van der Waals surface area contributed by atoms with E-state index in [0.29, 0.717) is 52.9 Å². The molecular weight excluding hydrogens is 581 g/mol. The van der Waals surface area contributed by atoms with Crippen molar-refractivity contribution in [2.45, 2.75) is 78.6 Å². The number of aliphatic hydroxyl groups is 1. The Morgan fingerprint density at radius 3 is 2.50 bits per heavy atom. The molecule has 3 heterocycles. The number of halogens is 2. The van der Waals surface area contributed by atoms with Crippen molar-refractivity contribution in [2.24, 2.45) is 5.92 Å². The van der Waals surface area contributed by atoms with E-state index in [9.17, 15) is 14.7 Å². The number of carbonyl (C=O) groups is 2. The summed E-state index contributed by atoms with van der Waals surface area (Å²) >= 11 is 13.6. The quantitative estimate of drug-likeness (QED) is 0.335. The first-order valence-electron chi connectivity index (χ1n) is 14.4. The van der Waals surface area contributed by atoms with Gasteiger partial charge in [0.25, 0.3) is 5.91 Å². The molecule has 4 rings (SSSR count). The summed E-state index contributed by atoms with van der Waals surface area (Å²) in [4.78, 5) is 34.2. The Labute approximate surface area is 258 Å². The Kier molecular flexibility index (Phi) is 9.55. The van der Waals surface area contributed by atoms with Gasteiger partial charge in [0.15, 0.2) is 0 Å². The lowest BCUT2D eigenvalue weighted by Gasteiger charge is -2.47. The van der Waals surface area contributed by atoms with Gasteiger partial charge in [0.2, 0.25) is 5.88 Å². The van der Waals surface area contributed by atoms with E-state index in [4.69, 9.17) is 37.4 Å². The molecule has 1 atom stereocenters. The number of hydrogen-bond acceptors (Lipinski definition) is 7. The minimum atomic E-state index is -1.44. The molecule has 0 radical (unpaired) electrons. The predicted octanol–water partition coefficient (Wildman–Crippen LogP) is 6.16. The van der Waals surface area contributed by atoms with E-state index >= 15 is 0 Å². The van der Waals surface area contributed by atoms with Crippen LogP contribution in [0.25, 0.3) is 0 Å². The minimum absolute atomic E-state index is 0.165. The SMILES string of the molecule is CCCCOc1nc(C)cc(OC)c1CN1CCc2c(Cl)cc(C(C)(O)C3CN(C(=O)OC(C)(C)C)C3)c(Cl)c2C1=O. The molecule has 0 saturated carbocycles. The maximum atomic E-state index is 14.0. The molecule has 1 aromatic carbocycles. The highest BCUT2D eigenvalue weighted by Gasteiger charge is 2.47. The Morgan fingerprint density at radius 1 is 1.19 bits per heavy atom. The highest BCUT2D eigenvalue weighted by Crippen LogP contribution is 2.44. The second-order valence-corrected chi connectivity index (χ2v) is 13.0. The number of hydrogen-bond donors (Lipinski definition) is 1. The van der Waals surface area contributed by atoms with Crippen LogP contribution in [0.2, 0.25) is 10.0 Å². The Hall–Kier alpha value is -2.75. The van der Waals surface area contributed by atoms with Crippen LogP contribution < -0.4 is 9.47 Å². The lowest BCUT2D eigenvalue weighted by Crippen LogP contribution is -2.58. The van der Waals surface area contributed by atoms with Crippen LogP contribution in [0.1, 0.15) is 80.2 Å². The number of aryl methyl sites for hydroxylation is 1. The van der Waals surface area contributed by atoms with Crippen molar-refractivity contribution in [1.82, 2.24) is 14.8 Å². The maximum absolute atomic E-state index is 14.0. The second kappa shape index (κ2) is 12.5. The number of carbonyl (C=O) groups excluding carboxylic acids is 2. The number of rotatable bonds is 9. The largest absolute Gasteiger partial charge is 0.496 e. The first-order valence-corrected chi connectivity index (χ1v) is 15.1. The standard InChI is InChI=1S/C31H41Cl2N3O6/c1-8-9-12-41-27-21(24(40-7)13-18(2)34-27)17-35-11-10-20-23(32)14-22(26(33)25(20)28(35)37)31(6,39)19-15-36(16-19)29(38)42-30(3,4)5/h13-14,19,39H,8-12,15-17H2,1-7H3. The molecule has 9 nitrogen and oxygen atoms in total. The molecular formula is C31H41Cl2N3O6. The fourth-order valence-electron chi connectivity index (χ4n) is 5.28. The van der Waals surface area contributed by atoms with Gasteiger partial charge >= 0.3 is 6.09 Å². The number of amides is 2. The van der Waals surface area contributed by atoms with Crippen LogP contribution >= 0.6 is 23.2 Å². The second-order valence-electron chi connectivity index (χ2n) is 12.2. The molecule has 1 unspecified atom stereocenters.